The topological polar surface area (TPSA) is 45.7 Å². The first kappa shape index (κ1) is 20.6. The lowest BCUT2D eigenvalue weighted by atomic mass is 10.1. The van der Waals surface area contributed by atoms with Gasteiger partial charge in [-0.1, -0.05) is 30.3 Å². The van der Waals surface area contributed by atoms with Crippen molar-refractivity contribution in [3.8, 4) is 17.0 Å². The van der Waals surface area contributed by atoms with Crippen molar-refractivity contribution in [1.29, 1.82) is 0 Å². The van der Waals surface area contributed by atoms with E-state index in [4.69, 9.17) is 9.72 Å². The minimum absolute atomic E-state index is 0.0152. The second kappa shape index (κ2) is 8.98. The molecule has 30 heavy (non-hydrogen) atoms. The first-order valence-corrected chi connectivity index (χ1v) is 11.1. The standard InChI is InChI=1S/C24H27N3O2S/c1-17-24(28)27(13-7-12-26(2)3)21-15-19(10-11-22(21)29-17)20-16-30-23(25-20)14-18-8-5-4-6-9-18/h4-6,8-11,15-17H,7,12-14H2,1-3H3. The molecule has 0 saturated carbocycles. The minimum Gasteiger partial charge on any atom is -0.479 e. The number of ether oxygens (including phenoxy) is 1. The predicted octanol–water partition coefficient (Wildman–Crippen LogP) is 4.47. The Bertz CT molecular complexity index is 1020. The van der Waals surface area contributed by atoms with Gasteiger partial charge in [-0.3, -0.25) is 4.79 Å². The number of carbonyl (C=O) groups excluding carboxylic acids is 1. The van der Waals surface area contributed by atoms with Gasteiger partial charge in [-0.2, -0.15) is 0 Å². The number of anilines is 1. The fraction of sp³-hybridized carbons (Fsp3) is 0.333. The molecule has 1 aromatic heterocycles. The molecule has 5 nitrogen and oxygen atoms in total. The number of rotatable bonds is 7. The molecule has 1 unspecified atom stereocenters. The van der Waals surface area contributed by atoms with Gasteiger partial charge < -0.3 is 14.5 Å². The molecule has 2 heterocycles. The number of thiazole rings is 1. The zero-order chi connectivity index (χ0) is 21.1. The molecule has 1 aliphatic heterocycles. The van der Waals surface area contributed by atoms with Crippen LogP contribution < -0.4 is 9.64 Å². The first-order chi connectivity index (χ1) is 14.5. The quantitative estimate of drug-likeness (QED) is 0.565. The van der Waals surface area contributed by atoms with Gasteiger partial charge in [-0.05, 0) is 57.7 Å². The van der Waals surface area contributed by atoms with E-state index < -0.39 is 6.10 Å². The molecule has 1 amide bonds. The van der Waals surface area contributed by atoms with Crippen LogP contribution in [-0.4, -0.2) is 49.1 Å². The highest BCUT2D eigenvalue weighted by Crippen LogP contribution is 2.38. The average Bonchev–Trinajstić information content (AvgIpc) is 3.19. The van der Waals surface area contributed by atoms with Crippen molar-refractivity contribution < 1.29 is 9.53 Å². The molecule has 4 rings (SSSR count). The Morgan fingerprint density at radius 3 is 2.73 bits per heavy atom. The van der Waals surface area contributed by atoms with E-state index in [0.29, 0.717) is 6.54 Å². The Morgan fingerprint density at radius 2 is 1.97 bits per heavy atom. The van der Waals surface area contributed by atoms with Crippen LogP contribution in [0, 0.1) is 0 Å². The molecule has 2 aromatic carbocycles. The third-order valence-electron chi connectivity index (χ3n) is 5.20. The molecular formula is C24H27N3O2S. The fourth-order valence-electron chi connectivity index (χ4n) is 3.64. The Balaban J connectivity index is 1.58. The van der Waals surface area contributed by atoms with Crippen LogP contribution in [0.1, 0.15) is 23.9 Å². The van der Waals surface area contributed by atoms with Crippen LogP contribution in [0.3, 0.4) is 0 Å². The van der Waals surface area contributed by atoms with E-state index in [1.807, 2.05) is 50.2 Å². The normalized spacial score (nSPS) is 15.9. The summed E-state index contributed by atoms with van der Waals surface area (Å²) in [5.41, 5.74) is 4.04. The third kappa shape index (κ3) is 4.55. The lowest BCUT2D eigenvalue weighted by molar-refractivity contribution is -0.125. The maximum absolute atomic E-state index is 12.8. The van der Waals surface area contributed by atoms with Gasteiger partial charge in [0.2, 0.25) is 0 Å². The molecule has 0 saturated heterocycles. The van der Waals surface area contributed by atoms with Crippen LogP contribution in [0.4, 0.5) is 5.69 Å². The molecule has 0 aliphatic carbocycles. The summed E-state index contributed by atoms with van der Waals surface area (Å²) in [5, 5.41) is 3.17. The molecule has 1 atom stereocenters. The van der Waals surface area contributed by atoms with Gasteiger partial charge in [0.05, 0.1) is 16.4 Å². The maximum Gasteiger partial charge on any atom is 0.267 e. The Morgan fingerprint density at radius 1 is 1.17 bits per heavy atom. The van der Waals surface area contributed by atoms with Crippen LogP contribution >= 0.6 is 11.3 Å². The van der Waals surface area contributed by atoms with Gasteiger partial charge in [0.1, 0.15) is 5.75 Å². The lowest BCUT2D eigenvalue weighted by Crippen LogP contribution is -2.45. The number of hydrogen-bond acceptors (Lipinski definition) is 5. The first-order valence-electron chi connectivity index (χ1n) is 10.3. The van der Waals surface area contributed by atoms with Crippen LogP contribution in [-0.2, 0) is 11.2 Å². The van der Waals surface area contributed by atoms with Gasteiger partial charge >= 0.3 is 0 Å². The maximum atomic E-state index is 12.8. The van der Waals surface area contributed by atoms with Crippen molar-refractivity contribution >= 4 is 22.9 Å². The molecule has 156 valence electrons. The number of carbonyl (C=O) groups is 1. The number of aromatic nitrogens is 1. The van der Waals surface area contributed by atoms with Crippen LogP contribution in [0.2, 0.25) is 0 Å². The molecule has 0 spiro atoms. The summed E-state index contributed by atoms with van der Waals surface area (Å²) in [7, 11) is 4.09. The molecule has 0 radical (unpaired) electrons. The summed E-state index contributed by atoms with van der Waals surface area (Å²) in [6, 6.07) is 16.4. The van der Waals surface area contributed by atoms with Crippen molar-refractivity contribution in [1.82, 2.24) is 9.88 Å². The second-order valence-corrected chi connectivity index (χ2v) is 8.82. The molecule has 6 heteroatoms. The predicted molar refractivity (Wildman–Crippen MR) is 122 cm³/mol. The highest BCUT2D eigenvalue weighted by molar-refractivity contribution is 7.10. The number of hydrogen-bond donors (Lipinski definition) is 0. The highest BCUT2D eigenvalue weighted by Gasteiger charge is 2.31. The molecule has 0 bridgehead atoms. The highest BCUT2D eigenvalue weighted by atomic mass is 32.1. The Kier molecular flexibility index (Phi) is 6.16. The van der Waals surface area contributed by atoms with E-state index in [1.54, 1.807) is 11.3 Å². The molecule has 0 N–H and O–H groups in total. The number of benzene rings is 2. The summed E-state index contributed by atoms with van der Waals surface area (Å²) in [6.07, 6.45) is 1.28. The van der Waals surface area contributed by atoms with Crippen molar-refractivity contribution in [2.24, 2.45) is 0 Å². The summed E-state index contributed by atoms with van der Waals surface area (Å²) < 4.78 is 5.86. The van der Waals surface area contributed by atoms with Gasteiger partial charge in [-0.15, -0.1) is 11.3 Å². The van der Waals surface area contributed by atoms with Crippen molar-refractivity contribution in [2.75, 3.05) is 32.1 Å². The van der Waals surface area contributed by atoms with Gasteiger partial charge in [0, 0.05) is 23.9 Å². The summed E-state index contributed by atoms with van der Waals surface area (Å²) in [4.78, 5) is 21.6. The van der Waals surface area contributed by atoms with E-state index in [1.165, 1.54) is 5.56 Å². The minimum atomic E-state index is -0.459. The fourth-order valence-corrected chi connectivity index (χ4v) is 4.47. The van der Waals surface area contributed by atoms with Crippen molar-refractivity contribution in [2.45, 2.75) is 25.9 Å². The van der Waals surface area contributed by atoms with Crippen LogP contribution in [0.5, 0.6) is 5.75 Å². The monoisotopic (exact) mass is 421 g/mol. The smallest absolute Gasteiger partial charge is 0.267 e. The molecule has 0 fully saturated rings. The van der Waals surface area contributed by atoms with Crippen LogP contribution in [0.25, 0.3) is 11.3 Å². The molecule has 1 aliphatic rings. The number of amides is 1. The largest absolute Gasteiger partial charge is 0.479 e. The third-order valence-corrected chi connectivity index (χ3v) is 6.05. The van der Waals surface area contributed by atoms with E-state index in [9.17, 15) is 4.79 Å². The molecular weight excluding hydrogens is 394 g/mol. The summed E-state index contributed by atoms with van der Waals surface area (Å²) in [5.74, 6) is 0.775. The molecule has 3 aromatic rings. The van der Waals surface area contributed by atoms with E-state index >= 15 is 0 Å². The zero-order valence-electron chi connectivity index (χ0n) is 17.7. The number of nitrogens with zero attached hydrogens (tertiary/aromatic N) is 3. The average molecular weight is 422 g/mol. The van der Waals surface area contributed by atoms with Gasteiger partial charge in [0.25, 0.3) is 5.91 Å². The Labute approximate surface area is 181 Å². The van der Waals surface area contributed by atoms with E-state index in [0.717, 1.165) is 47.1 Å². The lowest BCUT2D eigenvalue weighted by Gasteiger charge is -2.33. The van der Waals surface area contributed by atoms with Crippen molar-refractivity contribution in [3.63, 3.8) is 0 Å². The van der Waals surface area contributed by atoms with E-state index in [2.05, 4.69) is 34.5 Å². The van der Waals surface area contributed by atoms with Crippen molar-refractivity contribution in [3.05, 3.63) is 64.5 Å². The summed E-state index contributed by atoms with van der Waals surface area (Å²) >= 11 is 1.67. The van der Waals surface area contributed by atoms with Gasteiger partial charge in [-0.25, -0.2) is 4.98 Å². The van der Waals surface area contributed by atoms with Gasteiger partial charge in [0.15, 0.2) is 6.10 Å². The van der Waals surface area contributed by atoms with E-state index in [-0.39, 0.29) is 5.91 Å². The second-order valence-electron chi connectivity index (χ2n) is 7.88. The zero-order valence-corrected chi connectivity index (χ0v) is 18.5. The SMILES string of the molecule is CC1Oc2ccc(-c3csc(Cc4ccccc4)n3)cc2N(CCCN(C)C)C1=O. The number of fused-ring (bicyclic) bond motifs is 1. The van der Waals surface area contributed by atoms with Crippen LogP contribution in [0.15, 0.2) is 53.9 Å². The summed E-state index contributed by atoms with van der Waals surface area (Å²) in [6.45, 7) is 3.43. The Hall–Kier alpha value is -2.70.